The second-order valence-electron chi connectivity index (χ2n) is 4.58. The Kier molecular flexibility index (Phi) is 4.10. The van der Waals surface area contributed by atoms with E-state index in [2.05, 4.69) is 34.3 Å². The van der Waals surface area contributed by atoms with E-state index in [9.17, 15) is 0 Å². The lowest BCUT2D eigenvalue weighted by Gasteiger charge is -2.05. The fourth-order valence-corrected chi connectivity index (χ4v) is 4.72. The van der Waals surface area contributed by atoms with Gasteiger partial charge in [0.05, 0.1) is 11.1 Å². The third-order valence-electron chi connectivity index (χ3n) is 3.14. The number of anilines is 1. The number of thiophene rings is 1. The maximum atomic E-state index is 4.69. The second-order valence-corrected chi connectivity index (χ2v) is 8.18. The molecule has 0 atom stereocenters. The smallest absolute Gasteiger partial charge is 0.174 e. The lowest BCUT2D eigenvalue weighted by Crippen LogP contribution is -2.00. The van der Waals surface area contributed by atoms with Gasteiger partial charge in [-0.05, 0) is 26.3 Å². The lowest BCUT2D eigenvalue weighted by atomic mass is 10.2. The van der Waals surface area contributed by atoms with Crippen LogP contribution in [-0.2, 0) is 5.75 Å². The first kappa shape index (κ1) is 14.7. The molecule has 3 heterocycles. The predicted octanol–water partition coefficient (Wildman–Crippen LogP) is 3.80. The quantitative estimate of drug-likeness (QED) is 0.731. The normalized spacial score (nSPS) is 11.2. The summed E-state index contributed by atoms with van der Waals surface area (Å²) >= 11 is 4.95. The van der Waals surface area contributed by atoms with Crippen LogP contribution in [-0.4, -0.2) is 27.2 Å². The zero-order chi connectivity index (χ0) is 15.0. The molecule has 3 aromatic rings. The Morgan fingerprint density at radius 1 is 1.10 bits per heavy atom. The van der Waals surface area contributed by atoms with Crippen molar-refractivity contribution in [1.29, 1.82) is 0 Å². The van der Waals surface area contributed by atoms with Gasteiger partial charge in [0.25, 0.3) is 0 Å². The Morgan fingerprint density at radius 3 is 2.57 bits per heavy atom. The molecule has 0 aliphatic rings. The van der Waals surface area contributed by atoms with Crippen LogP contribution in [0.4, 0.5) is 5.82 Å². The topological polar surface area (TPSA) is 63.6 Å². The van der Waals surface area contributed by atoms with Crippen LogP contribution >= 0.6 is 34.4 Å². The number of hydrogen-bond acceptors (Lipinski definition) is 8. The van der Waals surface area contributed by atoms with Gasteiger partial charge in [-0.1, -0.05) is 23.1 Å². The van der Waals surface area contributed by atoms with Crippen molar-refractivity contribution in [3.63, 3.8) is 0 Å². The minimum absolute atomic E-state index is 0.704. The number of fused-ring (bicyclic) bond motifs is 1. The van der Waals surface area contributed by atoms with Gasteiger partial charge in [0.2, 0.25) is 0 Å². The van der Waals surface area contributed by atoms with Crippen LogP contribution in [0.1, 0.15) is 21.3 Å². The SMILES string of the molecule is CNc1nc(CSc2nnc(C)s2)nc2sc(C)c(C)c12. The van der Waals surface area contributed by atoms with Gasteiger partial charge in [-0.3, -0.25) is 0 Å². The fourth-order valence-electron chi connectivity index (χ4n) is 2.00. The molecule has 1 N–H and O–H groups in total. The summed E-state index contributed by atoms with van der Waals surface area (Å²) in [6.07, 6.45) is 0. The average Bonchev–Trinajstić information content (AvgIpc) is 3.00. The van der Waals surface area contributed by atoms with E-state index in [-0.39, 0.29) is 0 Å². The molecule has 0 saturated heterocycles. The number of hydrogen-bond donors (Lipinski definition) is 1. The molecule has 110 valence electrons. The van der Waals surface area contributed by atoms with Crippen molar-refractivity contribution in [1.82, 2.24) is 20.2 Å². The Bertz CT molecular complexity index is 793. The summed E-state index contributed by atoms with van der Waals surface area (Å²) in [5.74, 6) is 2.44. The van der Waals surface area contributed by atoms with Crippen LogP contribution in [0.3, 0.4) is 0 Å². The molecule has 0 amide bonds. The van der Waals surface area contributed by atoms with Crippen molar-refractivity contribution in [3.8, 4) is 0 Å². The third-order valence-corrected chi connectivity index (χ3v) is 6.21. The molecule has 21 heavy (non-hydrogen) atoms. The first-order chi connectivity index (χ1) is 10.1. The highest BCUT2D eigenvalue weighted by atomic mass is 32.2. The molecule has 0 spiro atoms. The monoisotopic (exact) mass is 337 g/mol. The van der Waals surface area contributed by atoms with E-state index in [4.69, 9.17) is 4.98 Å². The molecule has 0 aliphatic heterocycles. The molecular formula is C13H15N5S3. The van der Waals surface area contributed by atoms with Gasteiger partial charge in [0.15, 0.2) is 4.34 Å². The fraction of sp³-hybridized carbons (Fsp3) is 0.385. The van der Waals surface area contributed by atoms with Crippen molar-refractivity contribution >= 4 is 50.5 Å². The number of thioether (sulfide) groups is 1. The van der Waals surface area contributed by atoms with Gasteiger partial charge in [0.1, 0.15) is 21.5 Å². The zero-order valence-corrected chi connectivity index (χ0v) is 14.7. The van der Waals surface area contributed by atoms with Gasteiger partial charge in [-0.15, -0.1) is 21.5 Å². The molecule has 5 nitrogen and oxygen atoms in total. The van der Waals surface area contributed by atoms with Crippen LogP contribution in [0.25, 0.3) is 10.2 Å². The molecule has 0 radical (unpaired) electrons. The van der Waals surface area contributed by atoms with E-state index in [1.807, 2.05) is 14.0 Å². The molecule has 0 aromatic carbocycles. The highest BCUT2D eigenvalue weighted by Gasteiger charge is 2.14. The predicted molar refractivity (Wildman–Crippen MR) is 90.6 cm³/mol. The second kappa shape index (κ2) is 5.86. The Hall–Kier alpha value is -1.25. The molecular weight excluding hydrogens is 322 g/mol. The molecule has 3 aromatic heterocycles. The van der Waals surface area contributed by atoms with Crippen molar-refractivity contribution in [2.45, 2.75) is 30.9 Å². The summed E-state index contributed by atoms with van der Waals surface area (Å²) in [5.41, 5.74) is 1.26. The summed E-state index contributed by atoms with van der Waals surface area (Å²) in [5, 5.41) is 13.4. The van der Waals surface area contributed by atoms with Crippen LogP contribution in [0.5, 0.6) is 0 Å². The highest BCUT2D eigenvalue weighted by molar-refractivity contribution is 8.00. The Morgan fingerprint density at radius 2 is 1.90 bits per heavy atom. The molecule has 0 unspecified atom stereocenters. The average molecular weight is 337 g/mol. The molecule has 8 heteroatoms. The molecule has 3 rings (SSSR count). The number of rotatable bonds is 4. The van der Waals surface area contributed by atoms with E-state index in [0.717, 1.165) is 31.2 Å². The standard InChI is InChI=1S/C13H15N5S3/c1-6-7(2)20-12-10(6)11(14-4)15-9(16-12)5-19-13-18-17-8(3)21-13/h5H2,1-4H3,(H,14,15,16). The largest absolute Gasteiger partial charge is 0.372 e. The summed E-state index contributed by atoms with van der Waals surface area (Å²) in [6, 6.07) is 0. The number of aromatic nitrogens is 4. The van der Waals surface area contributed by atoms with E-state index in [1.54, 1.807) is 34.4 Å². The first-order valence-corrected chi connectivity index (χ1v) is 9.07. The van der Waals surface area contributed by atoms with Gasteiger partial charge in [0, 0.05) is 11.9 Å². The van der Waals surface area contributed by atoms with Gasteiger partial charge >= 0.3 is 0 Å². The highest BCUT2D eigenvalue weighted by Crippen LogP contribution is 2.34. The summed E-state index contributed by atoms with van der Waals surface area (Å²) in [7, 11) is 1.90. The summed E-state index contributed by atoms with van der Waals surface area (Å²) in [4.78, 5) is 11.7. The zero-order valence-electron chi connectivity index (χ0n) is 12.2. The molecule has 0 bridgehead atoms. The van der Waals surface area contributed by atoms with E-state index >= 15 is 0 Å². The van der Waals surface area contributed by atoms with Crippen LogP contribution in [0, 0.1) is 20.8 Å². The maximum absolute atomic E-state index is 4.69. The van der Waals surface area contributed by atoms with Crippen LogP contribution in [0.15, 0.2) is 4.34 Å². The number of nitrogens with one attached hydrogen (secondary N) is 1. The molecule has 0 fully saturated rings. The van der Waals surface area contributed by atoms with Crippen LogP contribution in [0.2, 0.25) is 0 Å². The Balaban J connectivity index is 1.92. The van der Waals surface area contributed by atoms with E-state index in [0.29, 0.717) is 5.75 Å². The Labute approximate surface area is 135 Å². The van der Waals surface area contributed by atoms with Gasteiger partial charge in [-0.25, -0.2) is 9.97 Å². The van der Waals surface area contributed by atoms with Gasteiger partial charge < -0.3 is 5.32 Å². The number of aryl methyl sites for hydroxylation is 3. The molecule has 0 saturated carbocycles. The van der Waals surface area contributed by atoms with E-state index < -0.39 is 0 Å². The summed E-state index contributed by atoms with van der Waals surface area (Å²) in [6.45, 7) is 6.21. The van der Waals surface area contributed by atoms with Crippen molar-refractivity contribution in [3.05, 3.63) is 21.3 Å². The minimum atomic E-state index is 0.704. The molecule has 0 aliphatic carbocycles. The third kappa shape index (κ3) is 2.88. The maximum Gasteiger partial charge on any atom is 0.174 e. The van der Waals surface area contributed by atoms with Crippen molar-refractivity contribution in [2.24, 2.45) is 0 Å². The summed E-state index contributed by atoms with van der Waals surface area (Å²) < 4.78 is 0.959. The van der Waals surface area contributed by atoms with Crippen molar-refractivity contribution < 1.29 is 0 Å². The minimum Gasteiger partial charge on any atom is -0.372 e. The first-order valence-electron chi connectivity index (χ1n) is 6.45. The number of nitrogens with zero attached hydrogens (tertiary/aromatic N) is 4. The van der Waals surface area contributed by atoms with Crippen molar-refractivity contribution in [2.75, 3.05) is 12.4 Å². The van der Waals surface area contributed by atoms with Gasteiger partial charge in [-0.2, -0.15) is 0 Å². The van der Waals surface area contributed by atoms with E-state index in [1.165, 1.54) is 10.4 Å². The van der Waals surface area contributed by atoms with Crippen LogP contribution < -0.4 is 5.32 Å². The lowest BCUT2D eigenvalue weighted by molar-refractivity contribution is 0.981.